The third kappa shape index (κ3) is 21.4. The third-order valence-electron chi connectivity index (χ3n) is 13.4. The monoisotopic (exact) mass is 1110 g/mol. The molecule has 0 saturated heterocycles. The van der Waals surface area contributed by atoms with E-state index in [4.69, 9.17) is 10.8 Å². The Kier molecular flexibility index (Phi) is 33.1. The maximum absolute atomic E-state index is 14.3. The standard InChI is InChI=1S/C28H30N4.C17H19F2N.C10H15N.C10H12.C2H7N.3C2H6/c1-7-21-10-9-11-23(16-21)24-17-25-27(20(4)29-5)28(22-14-12-19(3)13-15-22)30-32(25)18-26(24)31(6)8-2;1-5-13-9-15(12(4)16(18)10-13)14(6-7-20)17(19)8-11(2)3;1-10(2,11-3)9-7-5-4-6-8-9;1-10(7-8-10)9-5-3-2-4-6-9;1-3-2;3*1-2/h7,9-18,29H,1,4,8H2,2-3,5-6H3;5-10H,1,20H2,2-4H3;4-8,11H,1-3H3;2-6H,7-8H2,1H3;3H,1-2H3;3*1-2H3/b;7-6-,17-14-;;;;;;. The Labute approximate surface area is 495 Å². The van der Waals surface area contributed by atoms with Crippen LogP contribution in [-0.2, 0) is 11.0 Å². The predicted octanol–water partition coefficient (Wildman–Crippen LogP) is 19.0. The Hall–Kier alpha value is -7.59. The highest BCUT2D eigenvalue weighted by Gasteiger charge is 2.38. The number of fused-ring (bicyclic) bond motifs is 1. The number of anilines is 1. The molecule has 1 aliphatic carbocycles. The second kappa shape index (κ2) is 37.4. The van der Waals surface area contributed by atoms with Crippen molar-refractivity contribution in [3.05, 3.63) is 233 Å². The van der Waals surface area contributed by atoms with E-state index in [1.807, 2.05) is 86.4 Å². The molecule has 0 spiro atoms. The number of benzene rings is 5. The molecule has 0 atom stereocenters. The van der Waals surface area contributed by atoms with Gasteiger partial charge in [0.05, 0.1) is 23.0 Å². The van der Waals surface area contributed by atoms with Crippen molar-refractivity contribution < 1.29 is 8.78 Å². The SMILES string of the molecule is C=Cc1cc(F)c(C)c(C(/C=C\N)=C(\F)C=C(C)C)c1.C=Cc1cccc(-c2cc3c(C(=C)NC)c(-c4ccc(C)cc4)nn3cc2N(C)CC)c1.CC.CC.CC.CC1(c2ccccc2)CC1.CNC.CNC(C)(C)c1ccccc1. The largest absolute Gasteiger partial charge is 0.405 e. The van der Waals surface area contributed by atoms with Crippen molar-refractivity contribution in [1.29, 1.82) is 0 Å². The third-order valence-corrected chi connectivity index (χ3v) is 13.4. The highest BCUT2D eigenvalue weighted by Crippen LogP contribution is 2.47. The number of rotatable bonds is 14. The first-order valence-corrected chi connectivity index (χ1v) is 28.9. The lowest BCUT2D eigenvalue weighted by Gasteiger charge is -2.24. The van der Waals surface area contributed by atoms with Gasteiger partial charge in [0.15, 0.2) is 0 Å². The van der Waals surface area contributed by atoms with Gasteiger partial charge >= 0.3 is 0 Å². The molecule has 7 nitrogen and oxygen atoms in total. The lowest BCUT2D eigenvalue weighted by molar-refractivity contribution is 0.444. The van der Waals surface area contributed by atoms with Crippen molar-refractivity contribution in [2.45, 2.75) is 121 Å². The molecule has 8 rings (SSSR count). The van der Waals surface area contributed by atoms with Gasteiger partial charge in [-0.15, -0.1) is 0 Å². The first kappa shape index (κ1) is 72.4. The van der Waals surface area contributed by atoms with Crippen LogP contribution in [0.5, 0.6) is 0 Å². The zero-order valence-corrected chi connectivity index (χ0v) is 53.5. The molecule has 9 heteroatoms. The van der Waals surface area contributed by atoms with E-state index in [1.165, 1.54) is 60.0 Å². The first-order valence-electron chi connectivity index (χ1n) is 28.9. The zero-order valence-electron chi connectivity index (χ0n) is 53.5. The van der Waals surface area contributed by atoms with Gasteiger partial charge in [0.25, 0.3) is 0 Å². The number of pyridine rings is 1. The van der Waals surface area contributed by atoms with Gasteiger partial charge in [0, 0.05) is 48.6 Å². The molecule has 1 fully saturated rings. The van der Waals surface area contributed by atoms with Crippen molar-refractivity contribution in [3.8, 4) is 22.4 Å². The molecule has 5 aromatic carbocycles. The fraction of sp³-hybridized carbons (Fsp3) is 0.329. The summed E-state index contributed by atoms with van der Waals surface area (Å²) in [5.74, 6) is -0.847. The molecule has 0 bridgehead atoms. The minimum Gasteiger partial charge on any atom is -0.405 e. The van der Waals surface area contributed by atoms with E-state index in [-0.39, 0.29) is 11.1 Å². The van der Waals surface area contributed by atoms with Gasteiger partial charge in [-0.2, -0.15) is 5.10 Å². The van der Waals surface area contributed by atoms with E-state index >= 15 is 0 Å². The summed E-state index contributed by atoms with van der Waals surface area (Å²) in [7, 11) is 9.74. The maximum Gasteiger partial charge on any atom is 0.131 e. The van der Waals surface area contributed by atoms with Crippen LogP contribution in [0, 0.1) is 19.7 Å². The molecular formula is C73H101F2N7. The summed E-state index contributed by atoms with van der Waals surface area (Å²) in [6.45, 7) is 40.8. The molecule has 0 amide bonds. The lowest BCUT2D eigenvalue weighted by atomic mass is 9.95. The van der Waals surface area contributed by atoms with Gasteiger partial charge < -0.3 is 26.6 Å². The van der Waals surface area contributed by atoms with Gasteiger partial charge in [-0.05, 0) is 169 Å². The summed E-state index contributed by atoms with van der Waals surface area (Å²) in [5, 5.41) is 14.2. The van der Waals surface area contributed by atoms with Crippen LogP contribution in [0.1, 0.15) is 140 Å². The summed E-state index contributed by atoms with van der Waals surface area (Å²) in [5.41, 5.74) is 22.0. The summed E-state index contributed by atoms with van der Waals surface area (Å²) in [6, 6.07) is 43.5. The van der Waals surface area contributed by atoms with Crippen molar-refractivity contribution >= 4 is 34.6 Å². The summed E-state index contributed by atoms with van der Waals surface area (Å²) in [6.07, 6.45) is 12.3. The quantitative estimate of drug-likeness (QED) is 0.0813. The number of aromatic nitrogens is 2. The van der Waals surface area contributed by atoms with Gasteiger partial charge in [-0.1, -0.05) is 195 Å². The molecule has 0 aliphatic heterocycles. The number of aryl methyl sites for hydroxylation is 1. The average Bonchev–Trinajstić information content (AvgIpc) is 3.98. The lowest BCUT2D eigenvalue weighted by Crippen LogP contribution is -2.32. The smallest absolute Gasteiger partial charge is 0.131 e. The fourth-order valence-corrected chi connectivity index (χ4v) is 8.09. The number of hydrogen-bond acceptors (Lipinski definition) is 6. The van der Waals surface area contributed by atoms with Crippen LogP contribution < -0.4 is 26.6 Å². The second-order valence-electron chi connectivity index (χ2n) is 20.0. The van der Waals surface area contributed by atoms with E-state index < -0.39 is 11.6 Å². The normalized spacial score (nSPS) is 11.7. The van der Waals surface area contributed by atoms with Crippen molar-refractivity contribution in [3.63, 3.8) is 0 Å². The Morgan fingerprint density at radius 1 is 0.780 bits per heavy atom. The molecule has 0 unspecified atom stereocenters. The topological polar surface area (TPSA) is 82.6 Å². The van der Waals surface area contributed by atoms with E-state index in [1.54, 1.807) is 26.8 Å². The highest BCUT2D eigenvalue weighted by atomic mass is 19.1. The van der Waals surface area contributed by atoms with E-state index in [0.29, 0.717) is 22.1 Å². The van der Waals surface area contributed by atoms with Crippen LogP contribution in [0.25, 0.3) is 51.3 Å². The van der Waals surface area contributed by atoms with Gasteiger partial charge in [-0.25, -0.2) is 13.3 Å². The molecule has 7 aromatic rings. The number of allylic oxidation sites excluding steroid dienone is 5. The fourth-order valence-electron chi connectivity index (χ4n) is 8.09. The van der Waals surface area contributed by atoms with Crippen molar-refractivity contribution in [1.82, 2.24) is 25.6 Å². The maximum atomic E-state index is 14.3. The molecule has 2 aromatic heterocycles. The number of hydrogen-bond donors (Lipinski definition) is 4. The van der Waals surface area contributed by atoms with Crippen LogP contribution in [0.4, 0.5) is 14.5 Å². The highest BCUT2D eigenvalue weighted by molar-refractivity contribution is 5.92. The Bertz CT molecular complexity index is 3100. The summed E-state index contributed by atoms with van der Waals surface area (Å²) >= 11 is 0. The second-order valence-corrected chi connectivity index (χ2v) is 20.0. The molecule has 0 radical (unpaired) electrons. The molecular weight excluding hydrogens is 1010 g/mol. The van der Waals surface area contributed by atoms with Crippen LogP contribution in [-0.4, -0.2) is 51.4 Å². The van der Waals surface area contributed by atoms with Crippen LogP contribution in [0.3, 0.4) is 0 Å². The Morgan fingerprint density at radius 3 is 1.83 bits per heavy atom. The minimum atomic E-state index is -0.449. The average molecular weight is 1110 g/mol. The van der Waals surface area contributed by atoms with Crippen molar-refractivity contribution in [2.24, 2.45) is 5.73 Å². The van der Waals surface area contributed by atoms with Crippen LogP contribution >= 0.6 is 0 Å². The molecule has 1 saturated carbocycles. The van der Waals surface area contributed by atoms with Crippen molar-refractivity contribution in [2.75, 3.05) is 46.7 Å². The predicted molar refractivity (Wildman–Crippen MR) is 361 cm³/mol. The number of nitrogens with zero attached hydrogens (tertiary/aromatic N) is 3. The zero-order chi connectivity index (χ0) is 62.2. The van der Waals surface area contributed by atoms with E-state index in [0.717, 1.165) is 62.5 Å². The summed E-state index contributed by atoms with van der Waals surface area (Å²) < 4.78 is 30.2. The number of nitrogens with one attached hydrogen (secondary N) is 3. The van der Waals surface area contributed by atoms with E-state index in [9.17, 15) is 8.78 Å². The molecule has 1 aliphatic rings. The Morgan fingerprint density at radius 2 is 1.34 bits per heavy atom. The van der Waals surface area contributed by atoms with Crippen LogP contribution in [0.2, 0.25) is 0 Å². The summed E-state index contributed by atoms with van der Waals surface area (Å²) in [4.78, 5) is 2.25. The molecule has 442 valence electrons. The number of nitrogens with two attached hydrogens (primary N) is 1. The molecule has 5 N–H and O–H groups in total. The Balaban J connectivity index is 0.000000571. The van der Waals surface area contributed by atoms with Crippen LogP contribution in [0.15, 0.2) is 183 Å². The first-order chi connectivity index (χ1) is 39.3. The molecule has 82 heavy (non-hydrogen) atoms. The van der Waals surface area contributed by atoms with Gasteiger partial charge in [-0.3, -0.25) is 0 Å². The minimum absolute atomic E-state index is 0.0846. The van der Waals surface area contributed by atoms with Gasteiger partial charge in [0.2, 0.25) is 0 Å². The van der Waals surface area contributed by atoms with E-state index in [2.05, 4.69) is 198 Å². The molecule has 2 heterocycles. The van der Waals surface area contributed by atoms with Gasteiger partial charge in [0.1, 0.15) is 17.3 Å². The number of halogens is 2.